The van der Waals surface area contributed by atoms with E-state index in [1.165, 1.54) is 25.7 Å². The molecule has 0 bridgehead atoms. The molecule has 0 spiro atoms. The van der Waals surface area contributed by atoms with Crippen LogP contribution in [0.5, 0.6) is 0 Å². The average molecular weight is 286 g/mol. The van der Waals surface area contributed by atoms with E-state index in [0.29, 0.717) is 12.8 Å². The summed E-state index contributed by atoms with van der Waals surface area (Å²) in [6.07, 6.45) is 11.5. The molecular formula is C16H30O4. The van der Waals surface area contributed by atoms with Gasteiger partial charge in [-0.1, -0.05) is 65.2 Å². The zero-order chi connectivity index (χ0) is 15.1. The van der Waals surface area contributed by atoms with Crippen LogP contribution in [0.25, 0.3) is 0 Å². The van der Waals surface area contributed by atoms with Gasteiger partial charge in [-0.15, -0.1) is 0 Å². The number of hydrogen-bond acceptors (Lipinski definition) is 4. The second kappa shape index (κ2) is 14.4. The summed E-state index contributed by atoms with van der Waals surface area (Å²) in [7, 11) is 0. The van der Waals surface area contributed by atoms with Crippen molar-refractivity contribution in [3.8, 4) is 0 Å². The van der Waals surface area contributed by atoms with Crippen LogP contribution in [0.4, 0.5) is 0 Å². The minimum absolute atomic E-state index is 0.318. The van der Waals surface area contributed by atoms with Crippen molar-refractivity contribution in [2.45, 2.75) is 90.9 Å². The zero-order valence-electron chi connectivity index (χ0n) is 13.1. The summed E-state index contributed by atoms with van der Waals surface area (Å²) < 4.78 is 0. The van der Waals surface area contributed by atoms with E-state index in [1.807, 2.05) is 0 Å². The largest absolute Gasteiger partial charge is 0.355 e. The molecule has 0 N–H and O–H groups in total. The van der Waals surface area contributed by atoms with Crippen LogP contribution >= 0.6 is 0 Å². The van der Waals surface area contributed by atoms with Crippen LogP contribution in [-0.2, 0) is 19.4 Å². The third kappa shape index (κ3) is 13.4. The maximum absolute atomic E-state index is 11.3. The lowest BCUT2D eigenvalue weighted by Gasteiger charge is -2.03. The van der Waals surface area contributed by atoms with Crippen LogP contribution in [0.3, 0.4) is 0 Å². The molecule has 0 atom stereocenters. The maximum atomic E-state index is 11.3. The Morgan fingerprint density at radius 3 is 1.45 bits per heavy atom. The third-order valence-electron chi connectivity index (χ3n) is 3.20. The molecule has 0 saturated heterocycles. The Balaban J connectivity index is 3.34. The van der Waals surface area contributed by atoms with Gasteiger partial charge in [-0.3, -0.25) is 0 Å². The number of unbranched alkanes of at least 4 members (excludes halogenated alkanes) is 8. The standard InChI is InChI=1S/C16H30O4/c1-3-5-7-8-9-10-12-14-16(18)20-19-15(17)13-11-6-4-2/h3-14H2,1-2H3. The van der Waals surface area contributed by atoms with Crippen molar-refractivity contribution in [3.05, 3.63) is 0 Å². The maximum Gasteiger partial charge on any atom is 0.355 e. The molecule has 0 radical (unpaired) electrons. The smallest absolute Gasteiger partial charge is 0.247 e. The first kappa shape index (κ1) is 18.9. The lowest BCUT2D eigenvalue weighted by atomic mass is 10.1. The molecule has 118 valence electrons. The lowest BCUT2D eigenvalue weighted by Crippen LogP contribution is -2.10. The molecule has 4 heteroatoms. The molecular weight excluding hydrogens is 256 g/mol. The summed E-state index contributed by atoms with van der Waals surface area (Å²) in [6.45, 7) is 4.26. The predicted molar refractivity (Wildman–Crippen MR) is 78.9 cm³/mol. The second-order valence-corrected chi connectivity index (χ2v) is 5.24. The predicted octanol–water partition coefficient (Wildman–Crippen LogP) is 4.71. The van der Waals surface area contributed by atoms with Gasteiger partial charge >= 0.3 is 11.9 Å². The van der Waals surface area contributed by atoms with Gasteiger partial charge in [0.1, 0.15) is 0 Å². The highest BCUT2D eigenvalue weighted by Gasteiger charge is 2.09. The van der Waals surface area contributed by atoms with Crippen molar-refractivity contribution in [1.29, 1.82) is 0 Å². The van der Waals surface area contributed by atoms with E-state index in [-0.39, 0.29) is 0 Å². The number of carbonyl (C=O) groups excluding carboxylic acids is 2. The van der Waals surface area contributed by atoms with Gasteiger partial charge in [-0.25, -0.2) is 19.4 Å². The van der Waals surface area contributed by atoms with Gasteiger partial charge in [0.15, 0.2) is 0 Å². The molecule has 0 fully saturated rings. The Bertz CT molecular complexity index is 251. The summed E-state index contributed by atoms with van der Waals surface area (Å²) in [4.78, 5) is 31.5. The monoisotopic (exact) mass is 286 g/mol. The van der Waals surface area contributed by atoms with Crippen molar-refractivity contribution in [2.24, 2.45) is 0 Å². The highest BCUT2D eigenvalue weighted by atomic mass is 17.2. The minimum Gasteiger partial charge on any atom is -0.247 e. The molecule has 0 heterocycles. The SMILES string of the molecule is CCCCCCCCCC(=O)OOC(=O)CCCCC. The van der Waals surface area contributed by atoms with E-state index in [0.717, 1.165) is 38.5 Å². The van der Waals surface area contributed by atoms with Gasteiger partial charge in [0, 0.05) is 0 Å². The van der Waals surface area contributed by atoms with Crippen molar-refractivity contribution >= 4 is 11.9 Å². The normalized spacial score (nSPS) is 10.3. The highest BCUT2D eigenvalue weighted by molar-refractivity contribution is 5.72. The van der Waals surface area contributed by atoms with Crippen LogP contribution in [-0.4, -0.2) is 11.9 Å². The van der Waals surface area contributed by atoms with Crippen molar-refractivity contribution in [2.75, 3.05) is 0 Å². The summed E-state index contributed by atoms with van der Waals surface area (Å²) in [5.74, 6) is -0.895. The molecule has 0 aliphatic rings. The van der Waals surface area contributed by atoms with Gasteiger partial charge in [0.05, 0.1) is 12.8 Å². The van der Waals surface area contributed by atoms with Crippen LogP contribution in [0.2, 0.25) is 0 Å². The molecule has 4 nitrogen and oxygen atoms in total. The van der Waals surface area contributed by atoms with E-state index in [1.54, 1.807) is 0 Å². The molecule has 0 aromatic heterocycles. The van der Waals surface area contributed by atoms with E-state index in [4.69, 9.17) is 0 Å². The van der Waals surface area contributed by atoms with E-state index in [9.17, 15) is 9.59 Å². The van der Waals surface area contributed by atoms with Crippen molar-refractivity contribution in [1.82, 2.24) is 0 Å². The molecule has 0 aromatic rings. The van der Waals surface area contributed by atoms with Gasteiger partial charge in [0.25, 0.3) is 0 Å². The number of hydrogen-bond donors (Lipinski definition) is 0. The van der Waals surface area contributed by atoms with E-state index < -0.39 is 11.9 Å². The minimum atomic E-state index is -0.452. The molecule has 0 rings (SSSR count). The summed E-state index contributed by atoms with van der Waals surface area (Å²) >= 11 is 0. The first-order valence-electron chi connectivity index (χ1n) is 8.10. The van der Waals surface area contributed by atoms with Crippen molar-refractivity contribution in [3.63, 3.8) is 0 Å². The third-order valence-corrected chi connectivity index (χ3v) is 3.20. The first-order chi connectivity index (χ1) is 9.70. The van der Waals surface area contributed by atoms with Gasteiger partial charge < -0.3 is 0 Å². The summed E-state index contributed by atoms with van der Waals surface area (Å²) in [5.41, 5.74) is 0. The molecule has 0 saturated carbocycles. The van der Waals surface area contributed by atoms with Crippen LogP contribution in [0, 0.1) is 0 Å². The Hall–Kier alpha value is -1.06. The Morgan fingerprint density at radius 1 is 0.600 bits per heavy atom. The highest BCUT2D eigenvalue weighted by Crippen LogP contribution is 2.09. The van der Waals surface area contributed by atoms with Gasteiger partial charge in [-0.05, 0) is 12.8 Å². The fourth-order valence-corrected chi connectivity index (χ4v) is 1.92. The molecule has 0 aromatic carbocycles. The van der Waals surface area contributed by atoms with Gasteiger partial charge in [0.2, 0.25) is 0 Å². The number of rotatable bonds is 12. The number of carbonyl (C=O) groups is 2. The fourth-order valence-electron chi connectivity index (χ4n) is 1.92. The topological polar surface area (TPSA) is 52.6 Å². The Kier molecular flexibility index (Phi) is 13.6. The molecule has 0 unspecified atom stereocenters. The summed E-state index contributed by atoms with van der Waals surface area (Å²) in [5, 5.41) is 0. The second-order valence-electron chi connectivity index (χ2n) is 5.24. The quantitative estimate of drug-likeness (QED) is 0.296. The summed E-state index contributed by atoms with van der Waals surface area (Å²) in [6, 6.07) is 0. The average Bonchev–Trinajstić information content (AvgIpc) is 2.44. The lowest BCUT2D eigenvalue weighted by molar-refractivity contribution is -0.259. The zero-order valence-corrected chi connectivity index (χ0v) is 13.1. The first-order valence-corrected chi connectivity index (χ1v) is 8.10. The Labute approximate surface area is 123 Å². The molecule has 20 heavy (non-hydrogen) atoms. The fraction of sp³-hybridized carbons (Fsp3) is 0.875. The van der Waals surface area contributed by atoms with Crippen molar-refractivity contribution < 1.29 is 19.4 Å². The Morgan fingerprint density at radius 2 is 0.950 bits per heavy atom. The van der Waals surface area contributed by atoms with Crippen LogP contribution in [0.15, 0.2) is 0 Å². The van der Waals surface area contributed by atoms with Crippen LogP contribution < -0.4 is 0 Å². The van der Waals surface area contributed by atoms with E-state index in [2.05, 4.69) is 23.6 Å². The van der Waals surface area contributed by atoms with Gasteiger partial charge in [-0.2, -0.15) is 0 Å². The molecule has 0 aliphatic heterocycles. The van der Waals surface area contributed by atoms with Crippen LogP contribution in [0.1, 0.15) is 90.9 Å². The molecule has 0 amide bonds. The van der Waals surface area contributed by atoms with E-state index >= 15 is 0 Å². The molecule has 0 aliphatic carbocycles.